The Morgan fingerprint density at radius 3 is 2.32 bits per heavy atom. The Morgan fingerprint density at radius 2 is 1.71 bits per heavy atom. The molecule has 158 valence electrons. The fourth-order valence-electron chi connectivity index (χ4n) is 2.70. The molecular weight excluding hydrogens is 426 g/mol. The van der Waals surface area contributed by atoms with Gasteiger partial charge < -0.3 is 5.32 Å². The van der Waals surface area contributed by atoms with E-state index in [1.54, 1.807) is 0 Å². The summed E-state index contributed by atoms with van der Waals surface area (Å²) >= 11 is 5.82. The van der Waals surface area contributed by atoms with Crippen LogP contribution in [0.5, 0.6) is 0 Å². The molecule has 1 aliphatic rings. The van der Waals surface area contributed by atoms with Crippen LogP contribution in [0.15, 0.2) is 53.6 Å². The van der Waals surface area contributed by atoms with Gasteiger partial charge in [-0.3, -0.25) is 24.5 Å². The highest BCUT2D eigenvalue weighted by atomic mass is 35.5. The standard InChI is InChI=1S/C20H16ClN5O5/c1-11(27)23-14-6-2-12(3-7-14)17(28)25-22-10-16-18(29)24-20(31)26(19(16)30)15-8-4-13(21)5-9-15/h2-10,16H,1H3,(H,23,27)(H,25,28)(H,24,29,31)/b22-10-/t16-/m1/s1. The summed E-state index contributed by atoms with van der Waals surface area (Å²) in [5.74, 6) is -3.95. The average molecular weight is 442 g/mol. The maximum absolute atomic E-state index is 12.7. The van der Waals surface area contributed by atoms with Gasteiger partial charge in [-0.15, -0.1) is 0 Å². The summed E-state index contributed by atoms with van der Waals surface area (Å²) < 4.78 is 0. The number of nitrogens with one attached hydrogen (secondary N) is 3. The second-order valence-corrected chi connectivity index (χ2v) is 6.84. The quantitative estimate of drug-likeness (QED) is 0.370. The third-order valence-electron chi connectivity index (χ3n) is 4.14. The molecule has 1 aliphatic heterocycles. The lowest BCUT2D eigenvalue weighted by Gasteiger charge is -2.28. The zero-order valence-corrected chi connectivity index (χ0v) is 16.8. The molecule has 1 fully saturated rings. The first kappa shape index (κ1) is 21.7. The van der Waals surface area contributed by atoms with Crippen molar-refractivity contribution in [2.24, 2.45) is 11.0 Å². The van der Waals surface area contributed by atoms with Crippen LogP contribution in [-0.4, -0.2) is 35.9 Å². The lowest BCUT2D eigenvalue weighted by atomic mass is 10.1. The number of urea groups is 1. The zero-order valence-electron chi connectivity index (χ0n) is 16.1. The summed E-state index contributed by atoms with van der Waals surface area (Å²) in [5, 5.41) is 8.73. The minimum Gasteiger partial charge on any atom is -0.326 e. The van der Waals surface area contributed by atoms with Crippen LogP contribution in [0.4, 0.5) is 16.2 Å². The van der Waals surface area contributed by atoms with E-state index in [9.17, 15) is 24.0 Å². The highest BCUT2D eigenvalue weighted by Crippen LogP contribution is 2.22. The Balaban J connectivity index is 1.68. The summed E-state index contributed by atoms with van der Waals surface area (Å²) in [6, 6.07) is 11.0. The van der Waals surface area contributed by atoms with E-state index in [-0.39, 0.29) is 17.2 Å². The van der Waals surface area contributed by atoms with Gasteiger partial charge in [0.25, 0.3) is 11.8 Å². The lowest BCUT2D eigenvalue weighted by molar-refractivity contribution is -0.131. The van der Waals surface area contributed by atoms with Gasteiger partial charge in [-0.1, -0.05) is 11.6 Å². The summed E-state index contributed by atoms with van der Waals surface area (Å²) in [6.45, 7) is 1.36. The number of rotatable bonds is 5. The zero-order chi connectivity index (χ0) is 22.5. The Labute approximate surface area is 181 Å². The number of imide groups is 2. The Kier molecular flexibility index (Phi) is 6.41. The van der Waals surface area contributed by atoms with Crippen LogP contribution in [-0.2, 0) is 14.4 Å². The van der Waals surface area contributed by atoms with Gasteiger partial charge in [0, 0.05) is 29.4 Å². The van der Waals surface area contributed by atoms with E-state index >= 15 is 0 Å². The van der Waals surface area contributed by atoms with E-state index in [1.807, 2.05) is 0 Å². The number of benzene rings is 2. The van der Waals surface area contributed by atoms with E-state index in [0.717, 1.165) is 11.1 Å². The molecule has 3 rings (SSSR count). The number of barbiturate groups is 1. The maximum atomic E-state index is 12.7. The first-order valence-electron chi connectivity index (χ1n) is 8.92. The van der Waals surface area contributed by atoms with Gasteiger partial charge in [0.05, 0.1) is 5.69 Å². The van der Waals surface area contributed by atoms with Crippen molar-refractivity contribution in [2.75, 3.05) is 10.2 Å². The number of anilines is 2. The van der Waals surface area contributed by atoms with Crippen LogP contribution in [0.3, 0.4) is 0 Å². The third-order valence-corrected chi connectivity index (χ3v) is 4.40. The van der Waals surface area contributed by atoms with Crippen molar-refractivity contribution in [3.63, 3.8) is 0 Å². The molecule has 2 aromatic rings. The van der Waals surface area contributed by atoms with Crippen LogP contribution >= 0.6 is 11.6 Å². The molecule has 0 spiro atoms. The second kappa shape index (κ2) is 9.18. The number of nitrogens with zero attached hydrogens (tertiary/aromatic N) is 2. The highest BCUT2D eigenvalue weighted by molar-refractivity contribution is 6.33. The molecule has 1 heterocycles. The van der Waals surface area contributed by atoms with Gasteiger partial charge in [0.1, 0.15) is 0 Å². The normalized spacial score (nSPS) is 16.3. The van der Waals surface area contributed by atoms with Crippen molar-refractivity contribution in [1.29, 1.82) is 0 Å². The number of hydrogen-bond acceptors (Lipinski definition) is 6. The summed E-state index contributed by atoms with van der Waals surface area (Å²) in [4.78, 5) is 60.9. The smallest absolute Gasteiger partial charge is 0.326 e. The van der Waals surface area contributed by atoms with E-state index in [2.05, 4.69) is 21.2 Å². The highest BCUT2D eigenvalue weighted by Gasteiger charge is 2.40. The van der Waals surface area contributed by atoms with E-state index < -0.39 is 29.7 Å². The Bertz CT molecular complexity index is 1080. The molecule has 6 amide bonds. The average Bonchev–Trinajstić information content (AvgIpc) is 2.71. The number of amides is 6. The molecule has 0 saturated carbocycles. The number of halogens is 1. The second-order valence-electron chi connectivity index (χ2n) is 6.40. The third kappa shape index (κ3) is 5.11. The number of hydrazone groups is 1. The van der Waals surface area contributed by atoms with Crippen LogP contribution < -0.4 is 21.0 Å². The summed E-state index contributed by atoms with van der Waals surface area (Å²) in [7, 11) is 0. The summed E-state index contributed by atoms with van der Waals surface area (Å²) in [6.07, 6.45) is 0.941. The minimum atomic E-state index is -1.42. The topological polar surface area (TPSA) is 137 Å². The molecular formula is C20H16ClN5O5. The van der Waals surface area contributed by atoms with Gasteiger partial charge in [-0.2, -0.15) is 5.10 Å². The fourth-order valence-corrected chi connectivity index (χ4v) is 2.83. The van der Waals surface area contributed by atoms with Crippen molar-refractivity contribution in [3.8, 4) is 0 Å². The van der Waals surface area contributed by atoms with Crippen LogP contribution in [0.2, 0.25) is 5.02 Å². The molecule has 0 aromatic heterocycles. The van der Waals surface area contributed by atoms with Crippen molar-refractivity contribution < 1.29 is 24.0 Å². The molecule has 3 N–H and O–H groups in total. The molecule has 10 nitrogen and oxygen atoms in total. The van der Waals surface area contributed by atoms with Gasteiger partial charge in [-0.25, -0.2) is 15.1 Å². The van der Waals surface area contributed by atoms with Crippen molar-refractivity contribution in [2.45, 2.75) is 6.92 Å². The molecule has 0 unspecified atom stereocenters. The van der Waals surface area contributed by atoms with Crippen molar-refractivity contribution >= 4 is 58.9 Å². The maximum Gasteiger partial charge on any atom is 0.335 e. The largest absolute Gasteiger partial charge is 0.335 e. The monoisotopic (exact) mass is 441 g/mol. The number of carbonyl (C=O) groups excluding carboxylic acids is 5. The van der Waals surface area contributed by atoms with Crippen LogP contribution in [0.1, 0.15) is 17.3 Å². The molecule has 31 heavy (non-hydrogen) atoms. The number of carbonyl (C=O) groups is 5. The molecule has 0 bridgehead atoms. The number of hydrogen-bond donors (Lipinski definition) is 3. The van der Waals surface area contributed by atoms with E-state index in [0.29, 0.717) is 10.7 Å². The van der Waals surface area contributed by atoms with Crippen LogP contribution in [0, 0.1) is 5.92 Å². The SMILES string of the molecule is CC(=O)Nc1ccc(C(=O)N/N=C\[C@@H]2C(=O)NC(=O)N(c3ccc(Cl)cc3)C2=O)cc1. The Hall–Kier alpha value is -4.05. The summed E-state index contributed by atoms with van der Waals surface area (Å²) in [5.41, 5.74) is 3.19. The van der Waals surface area contributed by atoms with Gasteiger partial charge in [0.15, 0.2) is 5.92 Å². The molecule has 1 saturated heterocycles. The molecule has 1 atom stereocenters. The first-order valence-corrected chi connectivity index (χ1v) is 9.29. The van der Waals surface area contributed by atoms with Crippen LogP contribution in [0.25, 0.3) is 0 Å². The molecule has 2 aromatic carbocycles. The minimum absolute atomic E-state index is 0.223. The van der Waals surface area contributed by atoms with Gasteiger partial charge in [0.2, 0.25) is 11.8 Å². The molecule has 0 aliphatic carbocycles. The first-order chi connectivity index (χ1) is 14.8. The van der Waals surface area contributed by atoms with Gasteiger partial charge >= 0.3 is 6.03 Å². The fraction of sp³-hybridized carbons (Fsp3) is 0.100. The molecule has 11 heteroatoms. The van der Waals surface area contributed by atoms with E-state index in [1.165, 1.54) is 55.5 Å². The molecule has 0 radical (unpaired) electrons. The predicted octanol–water partition coefficient (Wildman–Crippen LogP) is 1.91. The lowest BCUT2D eigenvalue weighted by Crippen LogP contribution is -2.58. The Morgan fingerprint density at radius 1 is 1.06 bits per heavy atom. The van der Waals surface area contributed by atoms with Crippen molar-refractivity contribution in [3.05, 3.63) is 59.1 Å². The van der Waals surface area contributed by atoms with E-state index in [4.69, 9.17) is 11.6 Å². The predicted molar refractivity (Wildman–Crippen MR) is 113 cm³/mol. The van der Waals surface area contributed by atoms with Gasteiger partial charge in [-0.05, 0) is 48.5 Å². The van der Waals surface area contributed by atoms with Crippen molar-refractivity contribution in [1.82, 2.24) is 10.7 Å².